The minimum atomic E-state index is -1.55. The second-order valence-corrected chi connectivity index (χ2v) is 5.30. The van der Waals surface area contributed by atoms with E-state index in [1.165, 1.54) is 6.92 Å². The normalized spacial score (nSPS) is 29.6. The minimum absolute atomic E-state index is 0.00144. The molecule has 2 fully saturated rings. The molecule has 6 heteroatoms. The molecule has 0 aromatic carbocycles. The highest BCUT2D eigenvalue weighted by Crippen LogP contribution is 2.46. The molecule has 0 radical (unpaired) electrons. The number of aliphatic carboxylic acids is 1. The van der Waals surface area contributed by atoms with Crippen LogP contribution in [-0.4, -0.2) is 41.6 Å². The molecule has 1 unspecified atom stereocenters. The summed E-state index contributed by atoms with van der Waals surface area (Å²) in [6.07, 6.45) is 0.603. The Labute approximate surface area is 111 Å². The van der Waals surface area contributed by atoms with Gasteiger partial charge in [-0.1, -0.05) is 0 Å². The van der Waals surface area contributed by atoms with E-state index in [0.717, 1.165) is 0 Å². The van der Waals surface area contributed by atoms with Crippen LogP contribution in [-0.2, 0) is 23.9 Å². The van der Waals surface area contributed by atoms with Crippen LogP contribution in [0, 0.1) is 5.41 Å². The van der Waals surface area contributed by atoms with E-state index in [4.69, 9.17) is 9.47 Å². The minimum Gasteiger partial charge on any atom is -0.480 e. The molecule has 0 amide bonds. The van der Waals surface area contributed by atoms with Crippen molar-refractivity contribution in [2.45, 2.75) is 44.8 Å². The lowest BCUT2D eigenvalue weighted by atomic mass is 9.67. The SMILES string of the molecule is CC(=O)CCC1(C(=O)O)CC2(CCC1=O)OCCO2. The Morgan fingerprint density at radius 2 is 1.95 bits per heavy atom. The van der Waals surface area contributed by atoms with Crippen molar-refractivity contribution >= 4 is 17.5 Å². The molecular weight excluding hydrogens is 252 g/mol. The maximum Gasteiger partial charge on any atom is 0.317 e. The second kappa shape index (κ2) is 5.02. The highest BCUT2D eigenvalue weighted by atomic mass is 16.7. The fraction of sp³-hybridized carbons (Fsp3) is 0.769. The Morgan fingerprint density at radius 3 is 2.47 bits per heavy atom. The van der Waals surface area contributed by atoms with Gasteiger partial charge in [-0.15, -0.1) is 0 Å². The largest absolute Gasteiger partial charge is 0.480 e. The Bertz CT molecular complexity index is 409. The van der Waals surface area contributed by atoms with E-state index >= 15 is 0 Å². The third-order valence-electron chi connectivity index (χ3n) is 3.96. The molecule has 1 saturated heterocycles. The number of rotatable bonds is 4. The topological polar surface area (TPSA) is 89.9 Å². The maximum atomic E-state index is 12.1. The molecule has 1 N–H and O–H groups in total. The molecule has 6 nitrogen and oxygen atoms in total. The molecule has 1 aliphatic heterocycles. The van der Waals surface area contributed by atoms with Crippen molar-refractivity contribution in [2.24, 2.45) is 5.41 Å². The lowest BCUT2D eigenvalue weighted by Gasteiger charge is -2.41. The molecule has 1 heterocycles. The van der Waals surface area contributed by atoms with Crippen LogP contribution < -0.4 is 0 Å². The Morgan fingerprint density at radius 1 is 1.32 bits per heavy atom. The summed E-state index contributed by atoms with van der Waals surface area (Å²) in [7, 11) is 0. The van der Waals surface area contributed by atoms with E-state index in [2.05, 4.69) is 0 Å². The molecular formula is C13H18O6. The van der Waals surface area contributed by atoms with Crippen molar-refractivity contribution in [2.75, 3.05) is 13.2 Å². The number of Topliss-reactive ketones (excluding diaryl/α,β-unsaturated/α-hetero) is 2. The molecule has 106 valence electrons. The van der Waals surface area contributed by atoms with Gasteiger partial charge in [-0.05, 0) is 13.3 Å². The summed E-state index contributed by atoms with van der Waals surface area (Å²) in [5.41, 5.74) is -1.55. The zero-order chi connectivity index (χ0) is 14.1. The third kappa shape index (κ3) is 2.55. The van der Waals surface area contributed by atoms with Crippen LogP contribution in [0.3, 0.4) is 0 Å². The van der Waals surface area contributed by atoms with E-state index in [0.29, 0.717) is 19.6 Å². The molecule has 1 saturated carbocycles. The standard InChI is InChI=1S/C13H18O6/c1-9(14)2-4-12(11(16)17)8-13(5-3-10(12)15)18-6-7-19-13/h2-8H2,1H3,(H,16,17). The molecule has 1 aliphatic carbocycles. The van der Waals surface area contributed by atoms with Crippen molar-refractivity contribution in [1.29, 1.82) is 0 Å². The first-order valence-corrected chi connectivity index (χ1v) is 6.44. The van der Waals surface area contributed by atoms with Gasteiger partial charge in [0.05, 0.1) is 13.2 Å². The first-order chi connectivity index (χ1) is 8.90. The van der Waals surface area contributed by atoms with E-state index < -0.39 is 17.2 Å². The van der Waals surface area contributed by atoms with E-state index in [9.17, 15) is 19.5 Å². The van der Waals surface area contributed by atoms with E-state index in [1.807, 2.05) is 0 Å². The van der Waals surface area contributed by atoms with Crippen molar-refractivity contribution in [3.05, 3.63) is 0 Å². The number of hydrogen-bond donors (Lipinski definition) is 1. The van der Waals surface area contributed by atoms with Crippen molar-refractivity contribution in [1.82, 2.24) is 0 Å². The van der Waals surface area contributed by atoms with Crippen molar-refractivity contribution in [3.63, 3.8) is 0 Å². The average Bonchev–Trinajstić information content (AvgIpc) is 2.79. The fourth-order valence-electron chi connectivity index (χ4n) is 2.85. The summed E-state index contributed by atoms with van der Waals surface area (Å²) in [6, 6.07) is 0. The number of carbonyl (C=O) groups is 3. The van der Waals surface area contributed by atoms with Gasteiger partial charge in [-0.25, -0.2) is 0 Å². The highest BCUT2D eigenvalue weighted by molar-refractivity contribution is 6.04. The molecule has 1 atom stereocenters. The fourth-order valence-corrected chi connectivity index (χ4v) is 2.85. The molecule has 0 aromatic heterocycles. The third-order valence-corrected chi connectivity index (χ3v) is 3.96. The van der Waals surface area contributed by atoms with Gasteiger partial charge >= 0.3 is 5.97 Å². The zero-order valence-corrected chi connectivity index (χ0v) is 10.9. The summed E-state index contributed by atoms with van der Waals surface area (Å²) >= 11 is 0. The van der Waals surface area contributed by atoms with Crippen LogP contribution in [0.2, 0.25) is 0 Å². The van der Waals surface area contributed by atoms with Gasteiger partial charge in [0.2, 0.25) is 0 Å². The predicted molar refractivity (Wildman–Crippen MR) is 63.5 cm³/mol. The van der Waals surface area contributed by atoms with Crippen LogP contribution in [0.5, 0.6) is 0 Å². The molecule has 2 rings (SSSR count). The maximum absolute atomic E-state index is 12.1. The summed E-state index contributed by atoms with van der Waals surface area (Å²) in [5.74, 6) is -2.59. The van der Waals surface area contributed by atoms with E-state index in [-0.39, 0.29) is 37.2 Å². The van der Waals surface area contributed by atoms with Gasteiger partial charge in [0.15, 0.2) is 11.6 Å². The van der Waals surface area contributed by atoms with E-state index in [1.54, 1.807) is 0 Å². The monoisotopic (exact) mass is 270 g/mol. The highest BCUT2D eigenvalue weighted by Gasteiger charge is 2.57. The zero-order valence-electron chi connectivity index (χ0n) is 10.9. The number of carboxylic acids is 1. The first kappa shape index (κ1) is 14.1. The number of carbonyl (C=O) groups excluding carboxylic acids is 2. The Balaban J connectivity index is 2.25. The summed E-state index contributed by atoms with van der Waals surface area (Å²) in [6.45, 7) is 2.22. The van der Waals surface area contributed by atoms with Gasteiger partial charge in [0.1, 0.15) is 11.2 Å². The number of hydrogen-bond acceptors (Lipinski definition) is 5. The summed E-state index contributed by atoms with van der Waals surface area (Å²) in [5, 5.41) is 9.47. The van der Waals surface area contributed by atoms with Crippen molar-refractivity contribution in [3.8, 4) is 0 Å². The van der Waals surface area contributed by atoms with Gasteiger partial charge in [-0.2, -0.15) is 0 Å². The van der Waals surface area contributed by atoms with Gasteiger partial charge in [0, 0.05) is 25.7 Å². The summed E-state index contributed by atoms with van der Waals surface area (Å²) in [4.78, 5) is 34.8. The number of ketones is 2. The molecule has 0 bridgehead atoms. The van der Waals surface area contributed by atoms with Crippen LogP contribution in [0.1, 0.15) is 39.0 Å². The lowest BCUT2D eigenvalue weighted by Crippen LogP contribution is -2.52. The number of ether oxygens (including phenoxy) is 2. The Hall–Kier alpha value is -1.27. The smallest absolute Gasteiger partial charge is 0.317 e. The lowest BCUT2D eigenvalue weighted by molar-refractivity contribution is -0.208. The van der Waals surface area contributed by atoms with Crippen LogP contribution in [0.25, 0.3) is 0 Å². The molecule has 0 aromatic rings. The predicted octanol–water partition coefficient (Wildman–Crippen LogP) is 0.923. The van der Waals surface area contributed by atoms with Gasteiger partial charge in [0.25, 0.3) is 0 Å². The molecule has 2 aliphatic rings. The van der Waals surface area contributed by atoms with Crippen LogP contribution in [0.4, 0.5) is 0 Å². The van der Waals surface area contributed by atoms with Gasteiger partial charge < -0.3 is 19.4 Å². The average molecular weight is 270 g/mol. The summed E-state index contributed by atoms with van der Waals surface area (Å²) < 4.78 is 11.0. The molecule has 1 spiro atoms. The number of carboxylic acid groups (broad SMARTS) is 1. The first-order valence-electron chi connectivity index (χ1n) is 6.44. The van der Waals surface area contributed by atoms with Crippen molar-refractivity contribution < 1.29 is 29.0 Å². The Kier molecular flexibility index (Phi) is 3.73. The molecule has 19 heavy (non-hydrogen) atoms. The van der Waals surface area contributed by atoms with Crippen LogP contribution in [0.15, 0.2) is 0 Å². The van der Waals surface area contributed by atoms with Gasteiger partial charge in [-0.3, -0.25) is 9.59 Å². The van der Waals surface area contributed by atoms with Crippen LogP contribution >= 0.6 is 0 Å². The quantitative estimate of drug-likeness (QED) is 0.764. The second-order valence-electron chi connectivity index (χ2n) is 5.30.